The maximum absolute atomic E-state index is 13.8. The lowest BCUT2D eigenvalue weighted by Gasteiger charge is -2.05. The van der Waals surface area contributed by atoms with Crippen LogP contribution in [0.25, 0.3) is 16.2 Å². The average molecular weight is 385 g/mol. The normalized spacial score (nSPS) is 10.9. The molecule has 2 heterocycles. The highest BCUT2D eigenvalue weighted by Gasteiger charge is 2.17. The Labute approximate surface area is 156 Å². The molecule has 0 saturated carbocycles. The monoisotopic (exact) mass is 385 g/mol. The third-order valence-electron chi connectivity index (χ3n) is 3.99. The van der Waals surface area contributed by atoms with Gasteiger partial charge in [-0.1, -0.05) is 12.1 Å². The number of hydrogen-bond donors (Lipinski definition) is 1. The number of nitrogens with zero attached hydrogens (tertiary/aromatic N) is 2. The number of imidazole rings is 1. The molecule has 4 aromatic rings. The van der Waals surface area contributed by atoms with Gasteiger partial charge < -0.3 is 10.1 Å². The molecule has 5 nitrogen and oxygen atoms in total. The molecule has 0 atom stereocenters. The Bertz CT molecular complexity index is 1150. The molecule has 2 aromatic heterocycles. The number of benzene rings is 2. The number of hydrogen-bond acceptors (Lipinski definition) is 4. The molecule has 0 aliphatic carbocycles. The van der Waals surface area contributed by atoms with Crippen molar-refractivity contribution in [3.63, 3.8) is 0 Å². The number of methoxy groups -OCH3 is 1. The average Bonchev–Trinajstić information content (AvgIpc) is 3.24. The van der Waals surface area contributed by atoms with Crippen LogP contribution in [0.3, 0.4) is 0 Å². The predicted octanol–water partition coefficient (Wildman–Crippen LogP) is 4.60. The number of amides is 1. The van der Waals surface area contributed by atoms with E-state index in [4.69, 9.17) is 4.74 Å². The topological polar surface area (TPSA) is 55.6 Å². The van der Waals surface area contributed by atoms with Crippen molar-refractivity contribution < 1.29 is 18.3 Å². The van der Waals surface area contributed by atoms with Gasteiger partial charge in [0.2, 0.25) is 0 Å². The molecule has 1 amide bonds. The van der Waals surface area contributed by atoms with Crippen LogP contribution in [-0.2, 0) is 0 Å². The zero-order valence-electron chi connectivity index (χ0n) is 14.1. The number of thiazole rings is 1. The SMILES string of the molecule is COc1cccc(-c2cn3c(C(=O)Nc4ccc(F)cc4F)csc3n2)c1. The van der Waals surface area contributed by atoms with Gasteiger partial charge in [0.1, 0.15) is 23.1 Å². The predicted molar refractivity (Wildman–Crippen MR) is 99.4 cm³/mol. The summed E-state index contributed by atoms with van der Waals surface area (Å²) in [6.07, 6.45) is 1.73. The summed E-state index contributed by atoms with van der Waals surface area (Å²) in [4.78, 5) is 17.7. The standard InChI is InChI=1S/C19H13F2N3O2S/c1-26-13-4-2-3-11(7-13)16-9-24-17(10-27-19(24)23-16)18(25)22-15-6-5-12(20)8-14(15)21/h2-10H,1H3,(H,22,25). The van der Waals surface area contributed by atoms with Crippen LogP contribution in [-0.4, -0.2) is 22.4 Å². The Morgan fingerprint density at radius 2 is 2.07 bits per heavy atom. The highest BCUT2D eigenvalue weighted by atomic mass is 32.1. The van der Waals surface area contributed by atoms with E-state index >= 15 is 0 Å². The number of aromatic nitrogens is 2. The lowest BCUT2D eigenvalue weighted by Crippen LogP contribution is -2.14. The first-order chi connectivity index (χ1) is 13.0. The number of halogens is 2. The first kappa shape index (κ1) is 17.2. The molecule has 0 saturated heterocycles. The van der Waals surface area contributed by atoms with Gasteiger partial charge in [0, 0.05) is 23.2 Å². The van der Waals surface area contributed by atoms with Crippen LogP contribution in [0, 0.1) is 11.6 Å². The minimum absolute atomic E-state index is 0.0890. The second-order valence-corrected chi connectivity index (χ2v) is 6.55. The lowest BCUT2D eigenvalue weighted by atomic mass is 10.1. The second-order valence-electron chi connectivity index (χ2n) is 5.71. The number of nitrogens with one attached hydrogen (secondary N) is 1. The summed E-state index contributed by atoms with van der Waals surface area (Å²) in [6.45, 7) is 0. The number of carbonyl (C=O) groups excluding carboxylic acids is 1. The Morgan fingerprint density at radius 3 is 2.85 bits per heavy atom. The van der Waals surface area contributed by atoms with E-state index in [1.807, 2.05) is 24.3 Å². The summed E-state index contributed by atoms with van der Waals surface area (Å²) in [5.41, 5.74) is 1.75. The molecule has 0 unspecified atom stereocenters. The Morgan fingerprint density at radius 1 is 1.22 bits per heavy atom. The fourth-order valence-corrected chi connectivity index (χ4v) is 3.50. The molecule has 2 aromatic carbocycles. The number of anilines is 1. The van der Waals surface area contributed by atoms with Gasteiger partial charge >= 0.3 is 0 Å². The van der Waals surface area contributed by atoms with Crippen molar-refractivity contribution in [1.82, 2.24) is 9.38 Å². The maximum atomic E-state index is 13.8. The fourth-order valence-electron chi connectivity index (χ4n) is 2.65. The number of carbonyl (C=O) groups is 1. The molecule has 1 N–H and O–H groups in total. The van der Waals surface area contributed by atoms with Gasteiger partial charge in [0.25, 0.3) is 5.91 Å². The van der Waals surface area contributed by atoms with Crippen LogP contribution in [0.2, 0.25) is 0 Å². The third-order valence-corrected chi connectivity index (χ3v) is 4.83. The molecule has 0 spiro atoms. The van der Waals surface area contributed by atoms with Gasteiger partial charge in [-0.25, -0.2) is 13.8 Å². The van der Waals surface area contributed by atoms with E-state index in [0.29, 0.717) is 22.1 Å². The lowest BCUT2D eigenvalue weighted by molar-refractivity contribution is 0.102. The summed E-state index contributed by atoms with van der Waals surface area (Å²) in [7, 11) is 1.59. The van der Waals surface area contributed by atoms with Crippen molar-refractivity contribution >= 4 is 27.9 Å². The molecule has 0 aliphatic rings. The summed E-state index contributed by atoms with van der Waals surface area (Å²) in [5, 5.41) is 4.09. The van der Waals surface area contributed by atoms with Crippen molar-refractivity contribution in [1.29, 1.82) is 0 Å². The van der Waals surface area contributed by atoms with Crippen molar-refractivity contribution in [3.8, 4) is 17.0 Å². The maximum Gasteiger partial charge on any atom is 0.273 e. The van der Waals surface area contributed by atoms with Crippen LogP contribution in [0.4, 0.5) is 14.5 Å². The van der Waals surface area contributed by atoms with Crippen molar-refractivity contribution in [3.05, 3.63) is 71.4 Å². The van der Waals surface area contributed by atoms with E-state index in [0.717, 1.165) is 17.7 Å². The van der Waals surface area contributed by atoms with Gasteiger partial charge in [-0.05, 0) is 24.3 Å². The van der Waals surface area contributed by atoms with Crippen molar-refractivity contribution in [2.45, 2.75) is 0 Å². The smallest absolute Gasteiger partial charge is 0.273 e. The van der Waals surface area contributed by atoms with Crippen LogP contribution in [0.5, 0.6) is 5.75 Å². The van der Waals surface area contributed by atoms with Crippen LogP contribution < -0.4 is 10.1 Å². The second kappa shape index (κ2) is 6.81. The first-order valence-corrected chi connectivity index (χ1v) is 8.80. The molecular weight excluding hydrogens is 372 g/mol. The van der Waals surface area contributed by atoms with Gasteiger partial charge in [-0.3, -0.25) is 9.20 Å². The minimum Gasteiger partial charge on any atom is -0.497 e. The molecule has 136 valence electrons. The zero-order valence-corrected chi connectivity index (χ0v) is 14.9. The quantitative estimate of drug-likeness (QED) is 0.559. The highest BCUT2D eigenvalue weighted by molar-refractivity contribution is 7.15. The molecule has 8 heteroatoms. The summed E-state index contributed by atoms with van der Waals surface area (Å²) in [5.74, 6) is -1.35. The largest absolute Gasteiger partial charge is 0.497 e. The molecule has 0 radical (unpaired) electrons. The fraction of sp³-hybridized carbons (Fsp3) is 0.0526. The Hall–Kier alpha value is -3.26. The third kappa shape index (κ3) is 3.26. The number of rotatable bonds is 4. The van der Waals surface area contributed by atoms with Gasteiger partial charge in [0.15, 0.2) is 4.96 Å². The molecule has 0 fully saturated rings. The molecule has 27 heavy (non-hydrogen) atoms. The van der Waals surface area contributed by atoms with E-state index in [2.05, 4.69) is 10.3 Å². The number of ether oxygens (including phenoxy) is 1. The Kier molecular flexibility index (Phi) is 4.33. The molecule has 0 aliphatic heterocycles. The summed E-state index contributed by atoms with van der Waals surface area (Å²) < 4.78 is 33.6. The molecular formula is C19H13F2N3O2S. The van der Waals surface area contributed by atoms with E-state index in [9.17, 15) is 13.6 Å². The minimum atomic E-state index is -0.836. The number of fused-ring (bicyclic) bond motifs is 1. The molecule has 0 bridgehead atoms. The van der Waals surface area contributed by atoms with Crippen LogP contribution in [0.1, 0.15) is 10.5 Å². The summed E-state index contributed by atoms with van der Waals surface area (Å²) in [6, 6.07) is 10.4. The molecule has 4 rings (SSSR count). The summed E-state index contributed by atoms with van der Waals surface area (Å²) >= 11 is 1.29. The van der Waals surface area contributed by atoms with E-state index in [1.54, 1.807) is 23.1 Å². The van der Waals surface area contributed by atoms with Gasteiger partial charge in [0.05, 0.1) is 18.5 Å². The Balaban J connectivity index is 1.66. The van der Waals surface area contributed by atoms with E-state index in [1.165, 1.54) is 17.4 Å². The van der Waals surface area contributed by atoms with Crippen LogP contribution >= 0.6 is 11.3 Å². The zero-order chi connectivity index (χ0) is 19.0. The first-order valence-electron chi connectivity index (χ1n) is 7.92. The van der Waals surface area contributed by atoms with Gasteiger partial charge in [-0.2, -0.15) is 0 Å². The van der Waals surface area contributed by atoms with Gasteiger partial charge in [-0.15, -0.1) is 11.3 Å². The van der Waals surface area contributed by atoms with Crippen molar-refractivity contribution in [2.24, 2.45) is 0 Å². The van der Waals surface area contributed by atoms with Crippen LogP contribution in [0.15, 0.2) is 54.0 Å². The highest BCUT2D eigenvalue weighted by Crippen LogP contribution is 2.27. The van der Waals surface area contributed by atoms with E-state index in [-0.39, 0.29) is 5.69 Å². The van der Waals surface area contributed by atoms with Crippen molar-refractivity contribution in [2.75, 3.05) is 12.4 Å². The van der Waals surface area contributed by atoms with E-state index < -0.39 is 17.5 Å².